The number of nitrogens with two attached hydrogens (primary N) is 1. The van der Waals surface area contributed by atoms with E-state index < -0.39 is 60.8 Å². The van der Waals surface area contributed by atoms with Crippen molar-refractivity contribution in [2.75, 3.05) is 12.4 Å². The Bertz CT molecular complexity index is 1920. The van der Waals surface area contributed by atoms with Crippen molar-refractivity contribution in [2.24, 2.45) is 18.6 Å². The van der Waals surface area contributed by atoms with Gasteiger partial charge in [0.15, 0.2) is 11.2 Å². The number of alkyl halides is 3. The van der Waals surface area contributed by atoms with E-state index in [1.165, 1.54) is 35.2 Å². The molecule has 16 heteroatoms. The molecule has 2 fully saturated rings. The third-order valence-electron chi connectivity index (χ3n) is 7.66. The van der Waals surface area contributed by atoms with E-state index in [-0.39, 0.29) is 47.6 Å². The van der Waals surface area contributed by atoms with Gasteiger partial charge in [-0.15, -0.1) is 0 Å². The van der Waals surface area contributed by atoms with Gasteiger partial charge in [-0.3, -0.25) is 13.9 Å². The quantitative estimate of drug-likeness (QED) is 0.315. The van der Waals surface area contributed by atoms with Crippen molar-refractivity contribution in [3.63, 3.8) is 0 Å². The molecule has 0 radical (unpaired) electrons. The molecule has 4 unspecified atom stereocenters. The van der Waals surface area contributed by atoms with E-state index in [1.54, 1.807) is 0 Å². The molecule has 4 heterocycles. The largest absolute Gasteiger partial charge is 0.453 e. The molecule has 4 N–H and O–H groups in total. The number of halogens is 3. The maximum Gasteiger partial charge on any atom is 0.407 e. The van der Waals surface area contributed by atoms with Gasteiger partial charge in [0.25, 0.3) is 0 Å². The first-order chi connectivity index (χ1) is 21.0. The van der Waals surface area contributed by atoms with E-state index in [2.05, 4.69) is 30.4 Å². The van der Waals surface area contributed by atoms with Crippen LogP contribution >= 0.6 is 0 Å². The van der Waals surface area contributed by atoms with Crippen LogP contribution in [0.1, 0.15) is 37.2 Å². The van der Waals surface area contributed by atoms with Gasteiger partial charge in [0.05, 0.1) is 37.8 Å². The molecule has 0 spiro atoms. The summed E-state index contributed by atoms with van der Waals surface area (Å²) in [5.41, 5.74) is 2.56. The predicted molar refractivity (Wildman–Crippen MR) is 139 cm³/mol. The lowest BCUT2D eigenvalue weighted by molar-refractivity contribution is -0.160. The molecular formula is C25H26F3N9O4. The number of amides is 2. The number of ether oxygens (including phenoxy) is 1. The van der Waals surface area contributed by atoms with Crippen LogP contribution in [-0.4, -0.2) is 60.2 Å². The Kier molecular flexibility index (Phi) is 4.96. The maximum atomic E-state index is 13.6. The number of nitrogens with one attached hydrogen (secondary N) is 2. The van der Waals surface area contributed by atoms with Gasteiger partial charge in [-0.05, 0) is 37.8 Å². The lowest BCUT2D eigenvalue weighted by Crippen LogP contribution is -2.39. The number of nitrogens with zero attached hydrogens (tertiary/aromatic N) is 6. The number of fused-ring (bicyclic) bond motifs is 2. The van der Waals surface area contributed by atoms with Crippen LogP contribution in [0.2, 0.25) is 0 Å². The lowest BCUT2D eigenvalue weighted by atomic mass is 10.2. The maximum absolute atomic E-state index is 13.6. The zero-order chi connectivity index (χ0) is 32.7. The van der Waals surface area contributed by atoms with E-state index in [0.29, 0.717) is 9.95 Å². The minimum atomic E-state index is -4.68. The number of rotatable bonds is 6. The second-order valence-electron chi connectivity index (χ2n) is 10.0. The average molecular weight is 578 g/mol. The number of carbonyl (C=O) groups is 2. The Labute approximate surface area is 235 Å². The van der Waals surface area contributed by atoms with Crippen LogP contribution in [-0.2, 0) is 22.0 Å². The van der Waals surface area contributed by atoms with Crippen molar-refractivity contribution in [1.29, 1.82) is 0 Å². The summed E-state index contributed by atoms with van der Waals surface area (Å²) < 4.78 is 80.4. The zero-order valence-electron chi connectivity index (χ0n) is 25.4. The van der Waals surface area contributed by atoms with Crippen LogP contribution in [0, 0.1) is 5.92 Å². The Morgan fingerprint density at radius 2 is 2.05 bits per heavy atom. The summed E-state index contributed by atoms with van der Waals surface area (Å²) in [6.45, 7) is -2.86. The van der Waals surface area contributed by atoms with Gasteiger partial charge in [-0.25, -0.2) is 24.2 Å². The molecule has 41 heavy (non-hydrogen) atoms. The standard InChI is InChI=1S/C25H26F3N9O4/c1-35-16-11-30-19(8-15(16)36(23(35)40)14-5-4-13(7-14)32-22(39)41-2)33-18-6-3-12-10-31-37(20(12)34-18)24(21(29)38)9-17(24)25(26,27)28/h3,6,8,10-11,13-14,17H,4-5,7,9H2,1-2H3,(H2,29,38)(H,32,39)(H,30,33,34)/i1D3,13D. The first-order valence-corrected chi connectivity index (χ1v) is 12.5. The summed E-state index contributed by atoms with van der Waals surface area (Å²) >= 11 is 0. The molecule has 13 nitrogen and oxygen atoms in total. The normalized spacial score (nSPS) is 27.6. The van der Waals surface area contributed by atoms with Gasteiger partial charge in [0, 0.05) is 34.6 Å². The highest BCUT2D eigenvalue weighted by molar-refractivity contribution is 5.89. The number of pyridine rings is 2. The van der Waals surface area contributed by atoms with Crippen molar-refractivity contribution in [2.45, 2.75) is 49.5 Å². The minimum Gasteiger partial charge on any atom is -0.453 e. The highest BCUT2D eigenvalue weighted by Gasteiger charge is 2.73. The minimum absolute atomic E-state index is 0.00855. The molecular weight excluding hydrogens is 547 g/mol. The number of aryl methyl sites for hydroxylation is 1. The molecule has 2 aliphatic carbocycles. The molecule has 0 aromatic carbocycles. The Balaban J connectivity index is 1.38. The van der Waals surface area contributed by atoms with Crippen LogP contribution in [0.4, 0.5) is 29.6 Å². The number of hydrogen-bond donors (Lipinski definition) is 3. The first kappa shape index (κ1) is 22.1. The molecule has 4 atom stereocenters. The van der Waals surface area contributed by atoms with Crippen molar-refractivity contribution in [3.05, 3.63) is 41.1 Å². The van der Waals surface area contributed by atoms with Crippen molar-refractivity contribution >= 4 is 45.7 Å². The van der Waals surface area contributed by atoms with Gasteiger partial charge in [-0.1, -0.05) is 0 Å². The third kappa shape index (κ3) is 4.24. The average Bonchev–Trinajstić information content (AvgIpc) is 3.25. The van der Waals surface area contributed by atoms with Crippen LogP contribution in [0.15, 0.2) is 35.4 Å². The fraction of sp³-hybridized carbons (Fsp3) is 0.440. The van der Waals surface area contributed by atoms with Crippen molar-refractivity contribution in [1.82, 2.24) is 34.2 Å². The summed E-state index contributed by atoms with van der Waals surface area (Å²) in [7, 11) is 1.16. The summed E-state index contributed by atoms with van der Waals surface area (Å²) in [5, 5.41) is 9.69. The third-order valence-corrected chi connectivity index (χ3v) is 7.66. The highest BCUT2D eigenvalue weighted by atomic mass is 19.4. The number of imidazole rings is 1. The second kappa shape index (κ2) is 9.21. The number of primary amides is 1. The van der Waals surface area contributed by atoms with Gasteiger partial charge >= 0.3 is 18.0 Å². The summed E-state index contributed by atoms with van der Waals surface area (Å²) in [5.74, 6) is -3.02. The van der Waals surface area contributed by atoms with Crippen LogP contribution in [0.5, 0.6) is 0 Å². The topological polar surface area (TPSA) is 164 Å². The monoisotopic (exact) mass is 577 g/mol. The number of alkyl carbamates (subject to hydrolysis) is 1. The molecule has 2 amide bonds. The van der Waals surface area contributed by atoms with E-state index in [9.17, 15) is 27.6 Å². The molecule has 0 aliphatic heterocycles. The molecule has 2 aliphatic rings. The fourth-order valence-electron chi connectivity index (χ4n) is 5.54. The highest BCUT2D eigenvalue weighted by Crippen LogP contribution is 2.58. The first-order valence-electron chi connectivity index (χ1n) is 14.5. The summed E-state index contributed by atoms with van der Waals surface area (Å²) in [6, 6.07) is 2.30. The number of hydrogen-bond acceptors (Lipinski definition) is 8. The van der Waals surface area contributed by atoms with Gasteiger partial charge in [-0.2, -0.15) is 18.3 Å². The zero-order valence-corrected chi connectivity index (χ0v) is 21.4. The molecule has 6 rings (SSSR count). The van der Waals surface area contributed by atoms with E-state index in [1.807, 2.05) is 0 Å². The van der Waals surface area contributed by atoms with E-state index >= 15 is 0 Å². The summed E-state index contributed by atoms with van der Waals surface area (Å²) in [6.07, 6.45) is -3.22. The smallest absolute Gasteiger partial charge is 0.407 e. The molecule has 4 aromatic heterocycles. The van der Waals surface area contributed by atoms with Crippen LogP contribution in [0.3, 0.4) is 0 Å². The number of methoxy groups -OCH3 is 1. The van der Waals surface area contributed by atoms with Gasteiger partial charge < -0.3 is 21.1 Å². The number of aromatic nitrogens is 6. The predicted octanol–water partition coefficient (Wildman–Crippen LogP) is 2.44. The number of anilines is 2. The molecule has 4 aromatic rings. The van der Waals surface area contributed by atoms with Gasteiger partial charge in [0.2, 0.25) is 5.91 Å². The molecule has 0 saturated heterocycles. The lowest BCUT2D eigenvalue weighted by Gasteiger charge is -2.17. The second-order valence-corrected chi connectivity index (χ2v) is 10.0. The fourth-order valence-corrected chi connectivity index (χ4v) is 5.54. The Morgan fingerprint density at radius 1 is 1.24 bits per heavy atom. The summed E-state index contributed by atoms with van der Waals surface area (Å²) in [4.78, 5) is 46.1. The van der Waals surface area contributed by atoms with E-state index in [0.717, 1.165) is 11.8 Å². The van der Waals surface area contributed by atoms with Crippen molar-refractivity contribution < 1.29 is 33.0 Å². The van der Waals surface area contributed by atoms with Gasteiger partial charge in [0.1, 0.15) is 11.6 Å². The van der Waals surface area contributed by atoms with Crippen LogP contribution in [0.25, 0.3) is 22.1 Å². The SMILES string of the molecule is [2H]C1(NC(=O)OC)CCC(n2c(=O)n(C([2H])([2H])[2H])c3cnc(Nc4ccc5cnn(C6(C(N)=O)CC6C(F)(F)F)c5n4)cc32)C1. The van der Waals surface area contributed by atoms with E-state index in [4.69, 9.17) is 11.2 Å². The number of carbonyl (C=O) groups excluding carboxylic acids is 2. The molecule has 2 saturated carbocycles. The molecule has 216 valence electrons. The Hall–Kier alpha value is -4.63. The van der Waals surface area contributed by atoms with Crippen LogP contribution < -0.4 is 22.1 Å². The Morgan fingerprint density at radius 3 is 2.73 bits per heavy atom. The van der Waals surface area contributed by atoms with Crippen molar-refractivity contribution in [3.8, 4) is 0 Å². The molecule has 0 bridgehead atoms.